The van der Waals surface area contributed by atoms with Crippen molar-refractivity contribution in [3.8, 4) is 0 Å². The monoisotopic (exact) mass is 570 g/mol. The van der Waals surface area contributed by atoms with E-state index in [2.05, 4.69) is 15.2 Å². The number of carbonyl (C=O) groups excluding carboxylic acids is 1. The van der Waals surface area contributed by atoms with Crippen LogP contribution in [0.15, 0.2) is 65.7 Å². The number of likely N-dealkylation sites (tertiary alicyclic amines) is 1. The van der Waals surface area contributed by atoms with E-state index in [0.717, 1.165) is 49.2 Å². The minimum absolute atomic E-state index is 0.0745. The summed E-state index contributed by atoms with van der Waals surface area (Å²) >= 11 is 1.42. The molecule has 2 aliphatic rings. The largest absolute Gasteiger partial charge is 0.301 e. The zero-order valence-corrected chi connectivity index (χ0v) is 24.0. The van der Waals surface area contributed by atoms with Gasteiger partial charge in [-0.05, 0) is 87.9 Å². The van der Waals surface area contributed by atoms with Crippen molar-refractivity contribution < 1.29 is 17.6 Å². The number of rotatable bonds is 7. The number of carbonyl (C=O) groups is 1. The highest BCUT2D eigenvalue weighted by molar-refractivity contribution is 7.89. The van der Waals surface area contributed by atoms with E-state index >= 15 is 0 Å². The van der Waals surface area contributed by atoms with Crippen LogP contribution in [0.5, 0.6) is 0 Å². The summed E-state index contributed by atoms with van der Waals surface area (Å²) in [5, 5.41) is 3.47. The number of halogens is 1. The number of piperidine rings is 2. The first-order valence-electron chi connectivity index (χ1n) is 13.3. The summed E-state index contributed by atoms with van der Waals surface area (Å²) in [4.78, 5) is 20.6. The second kappa shape index (κ2) is 11.1. The van der Waals surface area contributed by atoms with Crippen LogP contribution in [-0.4, -0.2) is 60.2 Å². The van der Waals surface area contributed by atoms with Gasteiger partial charge in [0.05, 0.1) is 11.4 Å². The second-order valence-corrected chi connectivity index (χ2v) is 14.4. The first-order chi connectivity index (χ1) is 18.5. The molecule has 1 aromatic heterocycles. The Bertz CT molecular complexity index is 1400. The Morgan fingerprint density at radius 2 is 1.72 bits per heavy atom. The van der Waals surface area contributed by atoms with Crippen molar-refractivity contribution in [1.82, 2.24) is 14.2 Å². The number of anilines is 1. The summed E-state index contributed by atoms with van der Waals surface area (Å²) in [5.41, 5.74) is 0.469. The van der Waals surface area contributed by atoms with Crippen molar-refractivity contribution in [2.45, 2.75) is 56.4 Å². The summed E-state index contributed by atoms with van der Waals surface area (Å²) in [6, 6.07) is 15.1. The van der Waals surface area contributed by atoms with Crippen molar-refractivity contribution >= 4 is 32.4 Å². The molecule has 3 heterocycles. The molecule has 2 aliphatic heterocycles. The number of hydrogen-bond donors (Lipinski definition) is 1. The summed E-state index contributed by atoms with van der Waals surface area (Å²) in [7, 11) is -3.60. The molecule has 0 saturated carbocycles. The highest BCUT2D eigenvalue weighted by Crippen LogP contribution is 2.46. The van der Waals surface area contributed by atoms with E-state index in [9.17, 15) is 17.6 Å². The summed E-state index contributed by atoms with van der Waals surface area (Å²) in [6.45, 7) is 6.32. The molecule has 0 bridgehead atoms. The van der Waals surface area contributed by atoms with Gasteiger partial charge in [-0.3, -0.25) is 9.69 Å². The van der Waals surface area contributed by atoms with Gasteiger partial charge in [0.25, 0.3) is 0 Å². The average Bonchev–Trinajstić information content (AvgIpc) is 3.35. The van der Waals surface area contributed by atoms with Crippen molar-refractivity contribution in [2.24, 2.45) is 5.41 Å². The van der Waals surface area contributed by atoms with Crippen molar-refractivity contribution in [1.29, 1.82) is 0 Å². The van der Waals surface area contributed by atoms with Crippen LogP contribution in [0.3, 0.4) is 0 Å². The molecule has 2 aromatic carbocycles. The minimum Gasteiger partial charge on any atom is -0.301 e. The van der Waals surface area contributed by atoms with E-state index in [1.54, 1.807) is 46.9 Å². The topological polar surface area (TPSA) is 82.6 Å². The lowest BCUT2D eigenvalue weighted by molar-refractivity contribution is -0.118. The molecule has 2 fully saturated rings. The molecular weight excluding hydrogens is 535 g/mol. The SMILES string of the molecule is CC1(C)CCC2(CCN(CC(=O)Nc3ncc(Cc4ccc(F)cc4)s3)CC2)CN1S(=O)(=O)c1ccccc1. The van der Waals surface area contributed by atoms with E-state index < -0.39 is 15.6 Å². The van der Waals surface area contributed by atoms with Gasteiger partial charge in [-0.2, -0.15) is 4.31 Å². The van der Waals surface area contributed by atoms with Crippen LogP contribution >= 0.6 is 11.3 Å². The molecule has 1 amide bonds. The van der Waals surface area contributed by atoms with Crippen LogP contribution in [0.1, 0.15) is 50.0 Å². The fourth-order valence-corrected chi connectivity index (χ4v) is 8.43. The Labute approximate surface area is 234 Å². The Hall–Kier alpha value is -2.66. The third kappa shape index (κ3) is 6.40. The van der Waals surface area contributed by atoms with E-state index in [1.165, 1.54) is 23.5 Å². The first kappa shape index (κ1) is 27.9. The summed E-state index contributed by atoms with van der Waals surface area (Å²) in [6.07, 6.45) is 5.89. The Morgan fingerprint density at radius 1 is 1.03 bits per heavy atom. The molecule has 10 heteroatoms. The molecule has 2 saturated heterocycles. The maximum absolute atomic E-state index is 13.6. The molecule has 3 aromatic rings. The fourth-order valence-electron chi connectivity index (χ4n) is 5.63. The Morgan fingerprint density at radius 3 is 2.41 bits per heavy atom. The van der Waals surface area contributed by atoms with Crippen molar-refractivity contribution in [3.63, 3.8) is 0 Å². The number of amides is 1. The smallest absolute Gasteiger partial charge is 0.243 e. The maximum atomic E-state index is 13.6. The van der Waals surface area contributed by atoms with Crippen molar-refractivity contribution in [2.75, 3.05) is 31.5 Å². The van der Waals surface area contributed by atoms with Gasteiger partial charge in [0.2, 0.25) is 15.9 Å². The molecule has 7 nitrogen and oxygen atoms in total. The number of hydrogen-bond acceptors (Lipinski definition) is 6. The molecule has 1 spiro atoms. The van der Waals surface area contributed by atoms with E-state index in [-0.39, 0.29) is 23.7 Å². The predicted octanol–water partition coefficient (Wildman–Crippen LogP) is 5.16. The molecule has 0 aliphatic carbocycles. The zero-order chi connectivity index (χ0) is 27.7. The minimum atomic E-state index is -3.60. The van der Waals surface area contributed by atoms with Gasteiger partial charge in [-0.25, -0.2) is 17.8 Å². The standard InChI is InChI=1S/C29H35FN4O3S2/c1-28(2)12-13-29(21-34(28)39(36,37)25-6-4-3-5-7-25)14-16-33(17-15-29)20-26(35)32-27-31-19-24(38-27)18-22-8-10-23(30)11-9-22/h3-11,19H,12-18,20-21H2,1-2H3,(H,31,32,35). The normalized spacial score (nSPS) is 19.7. The Kier molecular flexibility index (Phi) is 7.92. The van der Waals surface area contributed by atoms with Gasteiger partial charge in [0.15, 0.2) is 5.13 Å². The number of aromatic nitrogens is 1. The van der Waals surface area contributed by atoms with Crippen LogP contribution in [-0.2, 0) is 21.2 Å². The van der Waals surface area contributed by atoms with E-state index in [1.807, 2.05) is 19.9 Å². The molecule has 5 rings (SSSR count). The van der Waals surface area contributed by atoms with Gasteiger partial charge in [-0.15, -0.1) is 11.3 Å². The van der Waals surface area contributed by atoms with Crippen LogP contribution < -0.4 is 5.32 Å². The molecule has 0 unspecified atom stereocenters. The quantitative estimate of drug-likeness (QED) is 0.425. The predicted molar refractivity (Wildman–Crippen MR) is 152 cm³/mol. The summed E-state index contributed by atoms with van der Waals surface area (Å²) < 4.78 is 42.0. The lowest BCUT2D eigenvalue weighted by atomic mass is 9.69. The van der Waals surface area contributed by atoms with Gasteiger partial charge in [-0.1, -0.05) is 30.3 Å². The second-order valence-electron chi connectivity index (χ2n) is 11.4. The molecule has 39 heavy (non-hydrogen) atoms. The Balaban J connectivity index is 1.15. The van der Waals surface area contributed by atoms with Crippen LogP contribution in [0, 0.1) is 11.2 Å². The third-order valence-electron chi connectivity index (χ3n) is 8.13. The van der Waals surface area contributed by atoms with Gasteiger partial charge in [0.1, 0.15) is 5.82 Å². The molecule has 1 N–H and O–H groups in total. The van der Waals surface area contributed by atoms with Crippen LogP contribution in [0.2, 0.25) is 0 Å². The molecule has 0 radical (unpaired) electrons. The van der Waals surface area contributed by atoms with E-state index in [0.29, 0.717) is 23.0 Å². The average molecular weight is 571 g/mol. The van der Waals surface area contributed by atoms with Gasteiger partial charge >= 0.3 is 0 Å². The molecule has 0 atom stereocenters. The molecule has 208 valence electrons. The highest BCUT2D eigenvalue weighted by atomic mass is 32.2. The number of benzene rings is 2. The fraction of sp³-hybridized carbons (Fsp3) is 0.448. The first-order valence-corrected chi connectivity index (χ1v) is 15.6. The lowest BCUT2D eigenvalue weighted by Crippen LogP contribution is -2.59. The lowest BCUT2D eigenvalue weighted by Gasteiger charge is -2.53. The van der Waals surface area contributed by atoms with Crippen molar-refractivity contribution in [3.05, 3.63) is 77.1 Å². The molecular formula is C29H35FN4O3S2. The van der Waals surface area contributed by atoms with Gasteiger partial charge in [0, 0.05) is 29.6 Å². The third-order valence-corrected chi connectivity index (χ3v) is 11.1. The maximum Gasteiger partial charge on any atom is 0.243 e. The summed E-state index contributed by atoms with van der Waals surface area (Å²) in [5.74, 6) is -0.367. The number of nitrogens with one attached hydrogen (secondary N) is 1. The number of thiazole rings is 1. The van der Waals surface area contributed by atoms with Gasteiger partial charge < -0.3 is 5.32 Å². The zero-order valence-electron chi connectivity index (χ0n) is 22.4. The number of sulfonamides is 1. The van der Waals surface area contributed by atoms with E-state index in [4.69, 9.17) is 0 Å². The van der Waals surface area contributed by atoms with Crippen LogP contribution in [0.4, 0.5) is 9.52 Å². The highest BCUT2D eigenvalue weighted by Gasteiger charge is 2.49. The number of nitrogens with zero attached hydrogens (tertiary/aromatic N) is 3. The van der Waals surface area contributed by atoms with Crippen LogP contribution in [0.25, 0.3) is 0 Å².